The molecule has 1 N–H and O–H groups in total. The number of rotatable bonds is 7. The molecule has 1 saturated carbocycles. The lowest BCUT2D eigenvalue weighted by molar-refractivity contribution is -0.127. The lowest BCUT2D eigenvalue weighted by Crippen LogP contribution is -2.46. The zero-order valence-electron chi connectivity index (χ0n) is 17.1. The molecule has 3 aromatic rings. The summed E-state index contributed by atoms with van der Waals surface area (Å²) in [5, 5.41) is 6.98. The van der Waals surface area contributed by atoms with Gasteiger partial charge in [0.25, 0.3) is 5.91 Å². The molecule has 4 nitrogen and oxygen atoms in total. The molecule has 1 aliphatic rings. The highest BCUT2D eigenvalue weighted by Crippen LogP contribution is 2.29. The van der Waals surface area contributed by atoms with Crippen LogP contribution in [-0.4, -0.2) is 22.8 Å². The van der Waals surface area contributed by atoms with Gasteiger partial charge in [-0.25, -0.2) is 4.39 Å². The second-order valence-corrected chi connectivity index (χ2v) is 9.77. The van der Waals surface area contributed by atoms with Crippen molar-refractivity contribution in [2.24, 2.45) is 0 Å². The fourth-order valence-corrected chi connectivity index (χ4v) is 5.42. The monoisotopic (exact) mass is 456 g/mol. The van der Waals surface area contributed by atoms with Gasteiger partial charge in [0.15, 0.2) is 0 Å². The van der Waals surface area contributed by atoms with Gasteiger partial charge in [0.1, 0.15) is 11.9 Å². The summed E-state index contributed by atoms with van der Waals surface area (Å²) in [6.07, 6.45) is 5.28. The quantitative estimate of drug-likeness (QED) is 0.490. The third-order valence-electron chi connectivity index (χ3n) is 5.60. The molecular weight excluding hydrogens is 431 g/mol. The first-order valence-electron chi connectivity index (χ1n) is 10.5. The molecular formula is C24H25FN2O2S2. The van der Waals surface area contributed by atoms with Crippen LogP contribution in [0, 0.1) is 5.82 Å². The van der Waals surface area contributed by atoms with Crippen molar-refractivity contribution in [3.05, 3.63) is 80.4 Å². The van der Waals surface area contributed by atoms with Crippen LogP contribution in [0.4, 0.5) is 4.39 Å². The molecule has 1 unspecified atom stereocenters. The normalized spacial score (nSPS) is 15.4. The number of benzene rings is 1. The van der Waals surface area contributed by atoms with E-state index in [9.17, 15) is 14.0 Å². The van der Waals surface area contributed by atoms with E-state index in [0.29, 0.717) is 17.0 Å². The number of thiophene rings is 2. The largest absolute Gasteiger partial charge is 0.351 e. The van der Waals surface area contributed by atoms with Gasteiger partial charge in [0.2, 0.25) is 5.91 Å². The zero-order chi connectivity index (χ0) is 21.6. The van der Waals surface area contributed by atoms with Crippen molar-refractivity contribution in [2.75, 3.05) is 0 Å². The van der Waals surface area contributed by atoms with Crippen LogP contribution >= 0.6 is 22.7 Å². The molecule has 2 heterocycles. The van der Waals surface area contributed by atoms with Gasteiger partial charge in [0, 0.05) is 10.9 Å². The first-order valence-corrected chi connectivity index (χ1v) is 12.3. The molecule has 0 radical (unpaired) electrons. The Hall–Kier alpha value is -2.51. The fourth-order valence-electron chi connectivity index (χ4n) is 4.04. The maximum absolute atomic E-state index is 13.6. The highest BCUT2D eigenvalue weighted by molar-refractivity contribution is 7.12. The van der Waals surface area contributed by atoms with Crippen LogP contribution in [0.25, 0.3) is 0 Å². The SMILES string of the molecule is O=C(NC1CCCCC1)C(c1ccc(F)cc1)N(Cc1cccs1)C(=O)c1cccs1. The van der Waals surface area contributed by atoms with Crippen LogP contribution in [0.1, 0.15) is 58.3 Å². The van der Waals surface area contributed by atoms with E-state index < -0.39 is 6.04 Å². The van der Waals surface area contributed by atoms with Crippen molar-refractivity contribution in [1.82, 2.24) is 10.2 Å². The predicted octanol–water partition coefficient (Wildman–Crippen LogP) is 5.78. The van der Waals surface area contributed by atoms with E-state index in [-0.39, 0.29) is 23.7 Å². The average Bonchev–Trinajstić information content (AvgIpc) is 3.49. The minimum atomic E-state index is -0.834. The molecule has 1 aliphatic carbocycles. The minimum absolute atomic E-state index is 0.115. The molecule has 7 heteroatoms. The van der Waals surface area contributed by atoms with Gasteiger partial charge in [-0.2, -0.15) is 0 Å². The van der Waals surface area contributed by atoms with E-state index >= 15 is 0 Å². The van der Waals surface area contributed by atoms with E-state index in [4.69, 9.17) is 0 Å². The van der Waals surface area contributed by atoms with Gasteiger partial charge < -0.3 is 10.2 Å². The Labute approximate surface area is 189 Å². The molecule has 0 aliphatic heterocycles. The summed E-state index contributed by atoms with van der Waals surface area (Å²) >= 11 is 2.90. The molecule has 1 aromatic carbocycles. The van der Waals surface area contributed by atoms with Crippen molar-refractivity contribution in [3.8, 4) is 0 Å². The number of halogens is 1. The topological polar surface area (TPSA) is 49.4 Å². The number of amides is 2. The van der Waals surface area contributed by atoms with Crippen LogP contribution in [-0.2, 0) is 11.3 Å². The highest BCUT2D eigenvalue weighted by atomic mass is 32.1. The zero-order valence-corrected chi connectivity index (χ0v) is 18.8. The molecule has 0 saturated heterocycles. The summed E-state index contributed by atoms with van der Waals surface area (Å²) in [5.74, 6) is -0.777. The Bertz CT molecular complexity index is 981. The van der Waals surface area contributed by atoms with Gasteiger partial charge in [-0.3, -0.25) is 9.59 Å². The van der Waals surface area contributed by atoms with Gasteiger partial charge in [0.05, 0.1) is 11.4 Å². The molecule has 0 bridgehead atoms. The Kier molecular flexibility index (Phi) is 7.14. The van der Waals surface area contributed by atoms with E-state index in [1.54, 1.807) is 34.4 Å². The van der Waals surface area contributed by atoms with E-state index in [2.05, 4.69) is 5.32 Å². The van der Waals surface area contributed by atoms with Crippen LogP contribution in [0.3, 0.4) is 0 Å². The molecule has 162 valence electrons. The van der Waals surface area contributed by atoms with E-state index in [1.807, 2.05) is 29.0 Å². The third-order valence-corrected chi connectivity index (χ3v) is 7.32. The van der Waals surface area contributed by atoms with E-state index in [1.165, 1.54) is 29.9 Å². The summed E-state index contributed by atoms with van der Waals surface area (Å²) < 4.78 is 13.6. The smallest absolute Gasteiger partial charge is 0.265 e. The first-order chi connectivity index (χ1) is 15.1. The molecule has 0 spiro atoms. The highest BCUT2D eigenvalue weighted by Gasteiger charge is 2.34. The summed E-state index contributed by atoms with van der Waals surface area (Å²) in [6, 6.07) is 12.7. The lowest BCUT2D eigenvalue weighted by Gasteiger charge is -2.33. The number of nitrogens with zero attached hydrogens (tertiary/aromatic N) is 1. The summed E-state index contributed by atoms with van der Waals surface area (Å²) in [6.45, 7) is 0.314. The minimum Gasteiger partial charge on any atom is -0.351 e. The van der Waals surface area contributed by atoms with Crippen molar-refractivity contribution in [2.45, 2.75) is 50.7 Å². The summed E-state index contributed by atoms with van der Waals surface area (Å²) in [5.41, 5.74) is 0.608. The van der Waals surface area contributed by atoms with Crippen LogP contribution in [0.15, 0.2) is 59.3 Å². The average molecular weight is 457 g/mol. The Morgan fingerprint density at radius 3 is 2.35 bits per heavy atom. The summed E-state index contributed by atoms with van der Waals surface area (Å²) in [4.78, 5) is 30.2. The van der Waals surface area contributed by atoms with Gasteiger partial charge in [-0.05, 0) is 53.4 Å². The van der Waals surface area contributed by atoms with Crippen LogP contribution < -0.4 is 5.32 Å². The van der Waals surface area contributed by atoms with Gasteiger partial charge in [-0.1, -0.05) is 43.5 Å². The standard InChI is InChI=1S/C24H25FN2O2S2/c25-18-12-10-17(11-13-18)22(23(28)26-19-6-2-1-3-7-19)27(16-20-8-4-14-30-20)24(29)21-9-5-15-31-21/h4-5,8-15,19,22H,1-3,6-7,16H2,(H,26,28). The number of carbonyl (C=O) groups excluding carboxylic acids is 2. The van der Waals surface area contributed by atoms with Crippen molar-refractivity contribution in [3.63, 3.8) is 0 Å². The lowest BCUT2D eigenvalue weighted by atomic mass is 9.94. The second-order valence-electron chi connectivity index (χ2n) is 7.79. The molecule has 1 atom stereocenters. The Balaban J connectivity index is 1.70. The molecule has 4 rings (SSSR count). The van der Waals surface area contributed by atoms with Crippen molar-refractivity contribution in [1.29, 1.82) is 0 Å². The van der Waals surface area contributed by atoms with E-state index in [0.717, 1.165) is 30.6 Å². The Morgan fingerprint density at radius 1 is 1.00 bits per heavy atom. The third kappa shape index (κ3) is 5.40. The van der Waals surface area contributed by atoms with Crippen LogP contribution in [0.2, 0.25) is 0 Å². The first kappa shape index (κ1) is 21.7. The molecule has 31 heavy (non-hydrogen) atoms. The maximum Gasteiger partial charge on any atom is 0.265 e. The van der Waals surface area contributed by atoms with Crippen molar-refractivity contribution < 1.29 is 14.0 Å². The summed E-state index contributed by atoms with van der Waals surface area (Å²) in [7, 11) is 0. The fraction of sp³-hybridized carbons (Fsp3) is 0.333. The number of carbonyl (C=O) groups is 2. The molecule has 1 fully saturated rings. The second kappa shape index (κ2) is 10.2. The number of hydrogen-bond acceptors (Lipinski definition) is 4. The molecule has 2 amide bonds. The Morgan fingerprint density at radius 2 is 1.71 bits per heavy atom. The van der Waals surface area contributed by atoms with Crippen molar-refractivity contribution >= 4 is 34.5 Å². The number of hydrogen-bond donors (Lipinski definition) is 1. The van der Waals surface area contributed by atoms with Gasteiger partial charge >= 0.3 is 0 Å². The predicted molar refractivity (Wildman–Crippen MR) is 123 cm³/mol. The van der Waals surface area contributed by atoms with Crippen LogP contribution in [0.5, 0.6) is 0 Å². The maximum atomic E-state index is 13.6. The van der Waals surface area contributed by atoms with Gasteiger partial charge in [-0.15, -0.1) is 22.7 Å². The molecule has 2 aromatic heterocycles. The number of nitrogens with one attached hydrogen (secondary N) is 1.